The van der Waals surface area contributed by atoms with Gasteiger partial charge in [-0.1, -0.05) is 13.3 Å². The molecule has 0 spiro atoms. The molecule has 0 aromatic carbocycles. The third kappa shape index (κ3) is 4.09. The Hall–Kier alpha value is -2.19. The van der Waals surface area contributed by atoms with Crippen molar-refractivity contribution in [3.05, 3.63) is 33.7 Å². The maximum Gasteiger partial charge on any atom is 0.291 e. The van der Waals surface area contributed by atoms with E-state index in [1.807, 2.05) is 28.8 Å². The number of aryl methyl sites for hydroxylation is 1. The zero-order valence-corrected chi connectivity index (χ0v) is 18.0. The molecule has 1 saturated heterocycles. The first kappa shape index (κ1) is 20.1. The van der Waals surface area contributed by atoms with E-state index < -0.39 is 0 Å². The molecule has 0 radical (unpaired) electrons. The Morgan fingerprint density at radius 2 is 2.21 bits per heavy atom. The molecule has 1 aliphatic heterocycles. The van der Waals surface area contributed by atoms with E-state index in [-0.39, 0.29) is 18.0 Å². The molecule has 1 amide bonds. The molecule has 0 bridgehead atoms. The molecular formula is C21H29N5O2S. The lowest BCUT2D eigenvalue weighted by Gasteiger charge is -2.33. The van der Waals surface area contributed by atoms with Crippen LogP contribution in [-0.2, 0) is 17.8 Å². The van der Waals surface area contributed by atoms with Gasteiger partial charge in [-0.25, -0.2) is 4.68 Å². The smallest absolute Gasteiger partial charge is 0.291 e. The van der Waals surface area contributed by atoms with Crippen molar-refractivity contribution in [3.63, 3.8) is 0 Å². The lowest BCUT2D eigenvalue weighted by molar-refractivity contribution is -0.121. The van der Waals surface area contributed by atoms with Crippen LogP contribution in [0.5, 0.6) is 0 Å². The van der Waals surface area contributed by atoms with Crippen LogP contribution in [0.3, 0.4) is 0 Å². The number of fused-ring (bicyclic) bond motifs is 3. The first-order chi connectivity index (χ1) is 14.1. The van der Waals surface area contributed by atoms with Crippen molar-refractivity contribution < 1.29 is 4.79 Å². The highest BCUT2D eigenvalue weighted by Gasteiger charge is 2.18. The first-order valence-electron chi connectivity index (χ1n) is 10.6. The van der Waals surface area contributed by atoms with Gasteiger partial charge >= 0.3 is 0 Å². The van der Waals surface area contributed by atoms with Crippen molar-refractivity contribution in [1.29, 1.82) is 0 Å². The van der Waals surface area contributed by atoms with Gasteiger partial charge in [0.1, 0.15) is 17.9 Å². The summed E-state index contributed by atoms with van der Waals surface area (Å²) in [5.41, 5.74) is 1.38. The molecule has 1 fully saturated rings. The van der Waals surface area contributed by atoms with E-state index in [9.17, 15) is 9.59 Å². The first-order valence-corrected chi connectivity index (χ1v) is 11.5. The number of hydrogen-bond donors (Lipinski definition) is 1. The highest BCUT2D eigenvalue weighted by Crippen LogP contribution is 2.24. The quantitative estimate of drug-likeness (QED) is 0.602. The van der Waals surface area contributed by atoms with Crippen LogP contribution >= 0.6 is 11.3 Å². The minimum absolute atomic E-state index is 0.0404. The number of carbonyl (C=O) groups is 1. The Balaban J connectivity index is 1.40. The summed E-state index contributed by atoms with van der Waals surface area (Å²) in [5.74, 6) is 0.631. The fraction of sp³-hybridized carbons (Fsp3) is 0.571. The Labute approximate surface area is 174 Å². The topological polar surface area (TPSA) is 71.6 Å². The summed E-state index contributed by atoms with van der Waals surface area (Å²) in [6.45, 7) is 7.04. The van der Waals surface area contributed by atoms with Crippen LogP contribution in [-0.4, -0.2) is 50.7 Å². The van der Waals surface area contributed by atoms with Crippen molar-refractivity contribution in [1.82, 2.24) is 24.4 Å². The molecule has 3 aromatic heterocycles. The van der Waals surface area contributed by atoms with Crippen molar-refractivity contribution >= 4 is 33.0 Å². The summed E-state index contributed by atoms with van der Waals surface area (Å²) in [4.78, 5) is 27.8. The number of thiophene rings is 1. The van der Waals surface area contributed by atoms with E-state index in [2.05, 4.69) is 22.2 Å². The number of likely N-dealkylation sites (tertiary alicyclic amines) is 1. The SMILES string of the molecule is CCc1nn(CC(=O)NCCCN2CCCC[C@@H]2C)c(=O)c2cc3sccc3n12. The van der Waals surface area contributed by atoms with E-state index in [0.717, 1.165) is 35.6 Å². The summed E-state index contributed by atoms with van der Waals surface area (Å²) in [7, 11) is 0. The molecule has 3 aromatic rings. The maximum absolute atomic E-state index is 12.9. The van der Waals surface area contributed by atoms with Gasteiger partial charge in [-0.2, -0.15) is 5.10 Å². The lowest BCUT2D eigenvalue weighted by atomic mass is 10.0. The van der Waals surface area contributed by atoms with Crippen molar-refractivity contribution in [2.75, 3.05) is 19.6 Å². The van der Waals surface area contributed by atoms with E-state index in [0.29, 0.717) is 24.5 Å². The number of nitrogens with one attached hydrogen (secondary N) is 1. The number of carbonyl (C=O) groups excluding carboxylic acids is 1. The van der Waals surface area contributed by atoms with Crippen LogP contribution in [0.25, 0.3) is 15.7 Å². The van der Waals surface area contributed by atoms with E-state index >= 15 is 0 Å². The molecule has 7 nitrogen and oxygen atoms in total. The molecular weight excluding hydrogens is 386 g/mol. The highest BCUT2D eigenvalue weighted by atomic mass is 32.1. The molecule has 4 heterocycles. The number of rotatable bonds is 7. The Morgan fingerprint density at radius 3 is 3.00 bits per heavy atom. The van der Waals surface area contributed by atoms with Gasteiger partial charge in [-0.3, -0.25) is 14.0 Å². The molecule has 8 heteroatoms. The highest BCUT2D eigenvalue weighted by molar-refractivity contribution is 7.17. The fourth-order valence-corrected chi connectivity index (χ4v) is 5.05. The predicted molar refractivity (Wildman–Crippen MR) is 117 cm³/mol. The second kappa shape index (κ2) is 8.67. The average molecular weight is 416 g/mol. The number of aromatic nitrogens is 3. The Bertz CT molecular complexity index is 1070. The number of nitrogens with zero attached hydrogens (tertiary/aromatic N) is 4. The largest absolute Gasteiger partial charge is 0.354 e. The third-order valence-corrected chi connectivity index (χ3v) is 6.72. The van der Waals surface area contributed by atoms with Crippen molar-refractivity contribution in [3.8, 4) is 0 Å². The third-order valence-electron chi connectivity index (χ3n) is 5.87. The number of amides is 1. The van der Waals surface area contributed by atoms with Crippen molar-refractivity contribution in [2.24, 2.45) is 0 Å². The lowest BCUT2D eigenvalue weighted by Crippen LogP contribution is -2.40. The Morgan fingerprint density at radius 1 is 1.34 bits per heavy atom. The van der Waals surface area contributed by atoms with E-state index in [1.165, 1.54) is 23.9 Å². The molecule has 0 aliphatic carbocycles. The molecule has 1 aliphatic rings. The summed E-state index contributed by atoms with van der Waals surface area (Å²) in [6.07, 6.45) is 5.46. The zero-order chi connectivity index (χ0) is 20.4. The van der Waals surface area contributed by atoms with Crippen LogP contribution in [0, 0.1) is 0 Å². The van der Waals surface area contributed by atoms with Crippen LogP contribution < -0.4 is 10.9 Å². The number of hydrogen-bond acceptors (Lipinski definition) is 5. The maximum atomic E-state index is 12.9. The van der Waals surface area contributed by atoms with E-state index in [1.54, 1.807) is 11.3 Å². The summed E-state index contributed by atoms with van der Waals surface area (Å²) < 4.78 is 4.29. The van der Waals surface area contributed by atoms with Gasteiger partial charge in [-0.05, 0) is 50.2 Å². The monoisotopic (exact) mass is 415 g/mol. The second-order valence-corrected chi connectivity index (χ2v) is 8.80. The predicted octanol–water partition coefficient (Wildman–Crippen LogP) is 2.65. The molecule has 156 valence electrons. The van der Waals surface area contributed by atoms with Gasteiger partial charge in [-0.15, -0.1) is 11.3 Å². The summed E-state index contributed by atoms with van der Waals surface area (Å²) in [6, 6.07) is 4.54. The van der Waals surface area contributed by atoms with Crippen LogP contribution in [0.1, 0.15) is 45.4 Å². The second-order valence-electron chi connectivity index (χ2n) is 7.85. The van der Waals surface area contributed by atoms with Gasteiger partial charge in [0.2, 0.25) is 5.91 Å². The Kier molecular flexibility index (Phi) is 6.01. The van der Waals surface area contributed by atoms with Gasteiger partial charge in [0, 0.05) is 25.6 Å². The van der Waals surface area contributed by atoms with Gasteiger partial charge in [0.25, 0.3) is 5.56 Å². The minimum atomic E-state index is -0.220. The van der Waals surface area contributed by atoms with Crippen molar-refractivity contribution in [2.45, 2.75) is 58.5 Å². The fourth-order valence-electron chi connectivity index (χ4n) is 4.25. The van der Waals surface area contributed by atoms with Crippen LogP contribution in [0.15, 0.2) is 22.3 Å². The molecule has 0 unspecified atom stereocenters. The van der Waals surface area contributed by atoms with E-state index in [4.69, 9.17) is 0 Å². The molecule has 29 heavy (non-hydrogen) atoms. The minimum Gasteiger partial charge on any atom is -0.354 e. The van der Waals surface area contributed by atoms with Crippen LogP contribution in [0.4, 0.5) is 0 Å². The summed E-state index contributed by atoms with van der Waals surface area (Å²) in [5, 5.41) is 9.44. The van der Waals surface area contributed by atoms with Gasteiger partial charge in [0.05, 0.1) is 10.2 Å². The standard InChI is InChI=1S/C21H29N5O2S/c1-3-19-23-25(21(28)17-13-18-16(26(17)19)8-12-29-18)14-20(27)22-9-6-11-24-10-5-4-7-15(24)2/h8,12-13,15H,3-7,9-11,14H2,1-2H3,(H,22,27)/t15-/m0/s1. The normalized spacial score (nSPS) is 17.9. The molecule has 0 saturated carbocycles. The zero-order valence-electron chi connectivity index (χ0n) is 17.2. The average Bonchev–Trinajstić information content (AvgIpc) is 3.30. The molecule has 4 rings (SSSR count). The van der Waals surface area contributed by atoms with Gasteiger partial charge in [0.15, 0.2) is 0 Å². The van der Waals surface area contributed by atoms with Gasteiger partial charge < -0.3 is 10.2 Å². The number of piperidine rings is 1. The molecule has 1 atom stereocenters. The van der Waals surface area contributed by atoms with Crippen LogP contribution in [0.2, 0.25) is 0 Å². The summed E-state index contributed by atoms with van der Waals surface area (Å²) >= 11 is 1.61. The molecule has 1 N–H and O–H groups in total.